The maximum Gasteiger partial charge on any atom is 0.170 e. The normalized spacial score (nSPS) is 22.0. The van der Waals surface area contributed by atoms with E-state index in [0.29, 0.717) is 26.9 Å². The monoisotopic (exact) mass is 388 g/mol. The quantitative estimate of drug-likeness (QED) is 0.707. The fraction of sp³-hybridized carbons (Fsp3) is 0.286. The zero-order chi connectivity index (χ0) is 18.4. The lowest BCUT2D eigenvalue weighted by Crippen LogP contribution is -2.21. The van der Waals surface area contributed by atoms with Crippen molar-refractivity contribution in [2.24, 2.45) is 11.8 Å². The summed E-state index contributed by atoms with van der Waals surface area (Å²) in [6.45, 7) is 0. The molecule has 0 saturated heterocycles. The molecule has 26 heavy (non-hydrogen) atoms. The van der Waals surface area contributed by atoms with Gasteiger partial charge in [0.1, 0.15) is 11.5 Å². The van der Waals surface area contributed by atoms with Gasteiger partial charge >= 0.3 is 0 Å². The molecular weight excluding hydrogens is 371 g/mol. The number of rotatable bonds is 3. The molecule has 2 bridgehead atoms. The third-order valence-electron chi connectivity index (χ3n) is 5.40. The highest BCUT2D eigenvalue weighted by Gasteiger charge is 2.42. The summed E-state index contributed by atoms with van der Waals surface area (Å²) in [7, 11) is 1.56. The second-order valence-corrected chi connectivity index (χ2v) is 7.71. The van der Waals surface area contributed by atoms with E-state index in [4.69, 9.17) is 27.9 Å². The predicted octanol–water partition coefficient (Wildman–Crippen LogP) is 5.94. The number of hydrogen-bond donors (Lipinski definition) is 1. The summed E-state index contributed by atoms with van der Waals surface area (Å²) in [6, 6.07) is 10.9. The van der Waals surface area contributed by atoms with Crippen LogP contribution in [0.5, 0.6) is 5.75 Å². The summed E-state index contributed by atoms with van der Waals surface area (Å²) in [5, 5.41) is 11.8. The summed E-state index contributed by atoms with van der Waals surface area (Å²) in [5.74, 6) is 0.837. The Hall–Kier alpha value is -1.97. The zero-order valence-electron chi connectivity index (χ0n) is 14.3. The minimum atomic E-state index is -0.00150. The maximum atomic E-state index is 12.9. The SMILES string of the molecule is COc1ccc(-c2ccc(Cl)cc2Cl)cc1C1=C(O)[C@H]2CC[C@H](C2)C1=O. The van der Waals surface area contributed by atoms with Crippen LogP contribution in [-0.2, 0) is 4.79 Å². The average molecular weight is 389 g/mol. The van der Waals surface area contributed by atoms with Crippen LogP contribution in [-0.4, -0.2) is 18.0 Å². The molecule has 0 amide bonds. The number of carbonyl (C=O) groups excluding carboxylic acids is 1. The summed E-state index contributed by atoms with van der Waals surface area (Å²) >= 11 is 12.3. The van der Waals surface area contributed by atoms with Crippen LogP contribution in [0.1, 0.15) is 24.8 Å². The van der Waals surface area contributed by atoms with Crippen LogP contribution in [0.25, 0.3) is 16.7 Å². The lowest BCUT2D eigenvalue weighted by Gasteiger charge is -2.23. The van der Waals surface area contributed by atoms with E-state index in [0.717, 1.165) is 30.4 Å². The first kappa shape index (κ1) is 17.4. The van der Waals surface area contributed by atoms with Gasteiger partial charge in [-0.15, -0.1) is 0 Å². The molecule has 0 aromatic heterocycles. The molecule has 0 spiro atoms. The van der Waals surface area contributed by atoms with E-state index in [-0.39, 0.29) is 23.4 Å². The number of Topliss-reactive ketones (excluding diaryl/α,β-unsaturated/α-hetero) is 1. The van der Waals surface area contributed by atoms with Gasteiger partial charge in [0.2, 0.25) is 0 Å². The first-order chi connectivity index (χ1) is 12.5. The molecular formula is C21H18Cl2O3. The molecule has 0 aliphatic heterocycles. The van der Waals surface area contributed by atoms with Crippen molar-refractivity contribution >= 4 is 34.6 Å². The molecule has 2 aliphatic carbocycles. The zero-order valence-corrected chi connectivity index (χ0v) is 15.8. The van der Waals surface area contributed by atoms with Crippen LogP contribution in [0, 0.1) is 11.8 Å². The Morgan fingerprint density at radius 2 is 1.81 bits per heavy atom. The lowest BCUT2D eigenvalue weighted by atomic mass is 9.82. The number of carbonyl (C=O) groups is 1. The Bertz CT molecular complexity index is 933. The maximum absolute atomic E-state index is 12.9. The third-order valence-corrected chi connectivity index (χ3v) is 5.95. The topological polar surface area (TPSA) is 46.5 Å². The minimum absolute atomic E-state index is 0.00150. The van der Waals surface area contributed by atoms with Gasteiger partial charge in [0.15, 0.2) is 5.78 Å². The molecule has 134 valence electrons. The van der Waals surface area contributed by atoms with Gasteiger partial charge in [-0.3, -0.25) is 4.79 Å². The van der Waals surface area contributed by atoms with Gasteiger partial charge in [-0.05, 0) is 49.1 Å². The van der Waals surface area contributed by atoms with Crippen molar-refractivity contribution in [2.75, 3.05) is 7.11 Å². The molecule has 2 aliphatic rings. The average Bonchev–Trinajstić information content (AvgIpc) is 3.07. The number of allylic oxidation sites excluding steroid dienone is 2. The van der Waals surface area contributed by atoms with Crippen molar-refractivity contribution in [3.05, 3.63) is 57.8 Å². The molecule has 3 nitrogen and oxygen atoms in total. The third kappa shape index (κ3) is 2.80. The second-order valence-electron chi connectivity index (χ2n) is 6.87. The van der Waals surface area contributed by atoms with Crippen molar-refractivity contribution in [1.29, 1.82) is 0 Å². The van der Waals surface area contributed by atoms with E-state index in [9.17, 15) is 9.90 Å². The second kappa shape index (κ2) is 6.64. The van der Waals surface area contributed by atoms with Crippen molar-refractivity contribution in [1.82, 2.24) is 0 Å². The van der Waals surface area contributed by atoms with Crippen LogP contribution >= 0.6 is 23.2 Å². The molecule has 4 rings (SSSR count). The van der Waals surface area contributed by atoms with Gasteiger partial charge < -0.3 is 9.84 Å². The Morgan fingerprint density at radius 1 is 1.04 bits per heavy atom. The molecule has 2 aromatic rings. The molecule has 1 saturated carbocycles. The molecule has 1 fully saturated rings. The van der Waals surface area contributed by atoms with E-state index in [1.165, 1.54) is 0 Å². The van der Waals surface area contributed by atoms with Crippen LogP contribution in [0.3, 0.4) is 0 Å². The van der Waals surface area contributed by atoms with Crippen LogP contribution in [0.4, 0.5) is 0 Å². The summed E-state index contributed by atoms with van der Waals surface area (Å²) in [5.41, 5.74) is 2.67. The Labute approximate surface area is 162 Å². The minimum Gasteiger partial charge on any atom is -0.511 e. The van der Waals surface area contributed by atoms with Gasteiger partial charge in [-0.25, -0.2) is 0 Å². The fourth-order valence-electron chi connectivity index (χ4n) is 4.07. The van der Waals surface area contributed by atoms with E-state index in [1.807, 2.05) is 18.2 Å². The Morgan fingerprint density at radius 3 is 2.54 bits per heavy atom. The van der Waals surface area contributed by atoms with Crippen LogP contribution in [0.15, 0.2) is 42.2 Å². The molecule has 0 unspecified atom stereocenters. The molecule has 0 heterocycles. The molecule has 2 aromatic carbocycles. The smallest absolute Gasteiger partial charge is 0.170 e. The molecule has 5 heteroatoms. The summed E-state index contributed by atoms with van der Waals surface area (Å²) in [4.78, 5) is 12.9. The highest BCUT2D eigenvalue weighted by Crippen LogP contribution is 2.47. The number of hydrogen-bond acceptors (Lipinski definition) is 3. The van der Waals surface area contributed by atoms with E-state index >= 15 is 0 Å². The predicted molar refractivity (Wildman–Crippen MR) is 104 cm³/mol. The highest BCUT2D eigenvalue weighted by molar-refractivity contribution is 6.36. The number of halogens is 2. The number of ether oxygens (including phenoxy) is 1. The molecule has 2 atom stereocenters. The Kier molecular flexibility index (Phi) is 4.45. The van der Waals surface area contributed by atoms with E-state index < -0.39 is 0 Å². The highest BCUT2D eigenvalue weighted by atomic mass is 35.5. The van der Waals surface area contributed by atoms with Gasteiger partial charge in [0.05, 0.1) is 12.7 Å². The van der Waals surface area contributed by atoms with E-state index in [1.54, 1.807) is 25.3 Å². The van der Waals surface area contributed by atoms with Crippen molar-refractivity contribution < 1.29 is 14.6 Å². The summed E-state index contributed by atoms with van der Waals surface area (Å²) in [6.07, 6.45) is 2.44. The van der Waals surface area contributed by atoms with Gasteiger partial charge in [0.25, 0.3) is 0 Å². The van der Waals surface area contributed by atoms with Crippen LogP contribution < -0.4 is 4.74 Å². The number of methoxy groups -OCH3 is 1. The van der Waals surface area contributed by atoms with Crippen LogP contribution in [0.2, 0.25) is 10.0 Å². The number of benzene rings is 2. The number of aliphatic hydroxyl groups is 1. The van der Waals surface area contributed by atoms with Crippen molar-refractivity contribution in [3.63, 3.8) is 0 Å². The molecule has 1 N–H and O–H groups in total. The standard InChI is InChI=1S/C21H18Cl2O3/c1-26-18-7-4-11(15-6-5-14(22)10-17(15)23)9-16(18)19-20(24)12-2-3-13(8-12)21(19)25/h4-7,9-10,12-13,24H,2-3,8H2,1H3/t12-,13+/m0/s1. The van der Waals surface area contributed by atoms with E-state index in [2.05, 4.69) is 0 Å². The first-order valence-electron chi connectivity index (χ1n) is 8.60. The number of fused-ring (bicyclic) bond motifs is 2. The Balaban J connectivity index is 1.88. The van der Waals surface area contributed by atoms with Gasteiger partial charge in [-0.1, -0.05) is 35.3 Å². The van der Waals surface area contributed by atoms with Crippen molar-refractivity contribution in [3.8, 4) is 16.9 Å². The fourth-order valence-corrected chi connectivity index (χ4v) is 4.59. The van der Waals surface area contributed by atoms with Crippen molar-refractivity contribution in [2.45, 2.75) is 19.3 Å². The molecule has 0 radical (unpaired) electrons. The van der Waals surface area contributed by atoms with Gasteiger partial charge in [-0.2, -0.15) is 0 Å². The number of ketones is 1. The summed E-state index contributed by atoms with van der Waals surface area (Å²) < 4.78 is 5.47. The lowest BCUT2D eigenvalue weighted by molar-refractivity contribution is -0.117. The largest absolute Gasteiger partial charge is 0.511 e. The van der Waals surface area contributed by atoms with Gasteiger partial charge in [0, 0.05) is 33.0 Å². The first-order valence-corrected chi connectivity index (χ1v) is 9.36. The number of aliphatic hydroxyl groups excluding tert-OH is 1.